The molecule has 0 aliphatic heterocycles. The molecule has 0 bridgehead atoms. The van der Waals surface area contributed by atoms with Crippen LogP contribution in [0.5, 0.6) is 0 Å². The van der Waals surface area contributed by atoms with Crippen molar-refractivity contribution in [2.24, 2.45) is 0 Å². The van der Waals surface area contributed by atoms with E-state index in [-0.39, 0.29) is 5.91 Å². The normalized spacial score (nSPS) is 10.7. The first kappa shape index (κ1) is 17.0. The maximum absolute atomic E-state index is 13.1. The molecule has 0 radical (unpaired) electrons. The topological polar surface area (TPSA) is 38.1 Å². The van der Waals surface area contributed by atoms with Gasteiger partial charge in [0.15, 0.2) is 5.69 Å². The van der Waals surface area contributed by atoms with E-state index < -0.39 is 0 Å². The summed E-state index contributed by atoms with van der Waals surface area (Å²) >= 11 is 0. The van der Waals surface area contributed by atoms with Gasteiger partial charge in [0, 0.05) is 17.9 Å². The lowest BCUT2D eigenvalue weighted by atomic mass is 10.1. The molecular formula is C21H23N3O. The minimum atomic E-state index is -0.0766. The molecule has 4 nitrogen and oxygen atoms in total. The Morgan fingerprint density at radius 3 is 2.40 bits per heavy atom. The first-order chi connectivity index (χ1) is 12.0. The van der Waals surface area contributed by atoms with Gasteiger partial charge in [-0.2, -0.15) is 5.10 Å². The molecule has 0 aliphatic rings. The molecule has 1 amide bonds. The quantitative estimate of drug-likeness (QED) is 0.707. The van der Waals surface area contributed by atoms with Gasteiger partial charge in [-0.05, 0) is 57.5 Å². The SMILES string of the molecule is CCN(C(=O)c1cc(C)n(-c2ccccc2)n1)c1ccc(C)cc1C. The number of para-hydroxylation sites is 1. The number of amides is 1. The highest BCUT2D eigenvalue weighted by atomic mass is 16.2. The van der Waals surface area contributed by atoms with Crippen LogP contribution in [-0.2, 0) is 0 Å². The van der Waals surface area contributed by atoms with Gasteiger partial charge in [-0.25, -0.2) is 4.68 Å². The fourth-order valence-electron chi connectivity index (χ4n) is 3.08. The Labute approximate surface area is 148 Å². The number of aryl methyl sites for hydroxylation is 3. The summed E-state index contributed by atoms with van der Waals surface area (Å²) in [7, 11) is 0. The van der Waals surface area contributed by atoms with Gasteiger partial charge >= 0.3 is 0 Å². The van der Waals surface area contributed by atoms with Gasteiger partial charge in [-0.1, -0.05) is 35.9 Å². The van der Waals surface area contributed by atoms with Gasteiger partial charge < -0.3 is 4.90 Å². The molecule has 3 rings (SSSR count). The van der Waals surface area contributed by atoms with Crippen molar-refractivity contribution in [2.45, 2.75) is 27.7 Å². The lowest BCUT2D eigenvalue weighted by Gasteiger charge is -2.22. The van der Waals surface area contributed by atoms with Crippen LogP contribution in [-0.4, -0.2) is 22.2 Å². The number of benzene rings is 2. The summed E-state index contributed by atoms with van der Waals surface area (Å²) < 4.78 is 1.81. The molecule has 0 N–H and O–H groups in total. The number of anilines is 1. The standard InChI is InChI=1S/C21H23N3O/c1-5-23(20-12-11-15(2)13-16(20)3)21(25)19-14-17(4)24(22-19)18-9-7-6-8-10-18/h6-14H,5H2,1-4H3. The van der Waals surface area contributed by atoms with Crippen molar-refractivity contribution in [1.82, 2.24) is 9.78 Å². The molecule has 0 fully saturated rings. The summed E-state index contributed by atoms with van der Waals surface area (Å²) in [6.45, 7) is 8.63. The van der Waals surface area contributed by atoms with E-state index in [0.29, 0.717) is 12.2 Å². The fraction of sp³-hybridized carbons (Fsp3) is 0.238. The van der Waals surface area contributed by atoms with E-state index in [1.54, 1.807) is 4.90 Å². The van der Waals surface area contributed by atoms with Crippen molar-refractivity contribution in [3.05, 3.63) is 77.1 Å². The smallest absolute Gasteiger partial charge is 0.278 e. The lowest BCUT2D eigenvalue weighted by molar-refractivity contribution is 0.0983. The van der Waals surface area contributed by atoms with Crippen LogP contribution in [0.4, 0.5) is 5.69 Å². The van der Waals surface area contributed by atoms with E-state index in [1.807, 2.05) is 74.0 Å². The molecule has 3 aromatic rings. The number of aromatic nitrogens is 2. The Balaban J connectivity index is 1.97. The zero-order valence-electron chi connectivity index (χ0n) is 15.2. The molecule has 1 heterocycles. The monoisotopic (exact) mass is 333 g/mol. The van der Waals surface area contributed by atoms with Crippen LogP contribution in [0.3, 0.4) is 0 Å². The molecule has 2 aromatic carbocycles. The van der Waals surface area contributed by atoms with Crippen LogP contribution in [0.15, 0.2) is 54.6 Å². The predicted molar refractivity (Wildman–Crippen MR) is 102 cm³/mol. The first-order valence-corrected chi connectivity index (χ1v) is 8.52. The predicted octanol–water partition coefficient (Wildman–Crippen LogP) is 4.46. The zero-order chi connectivity index (χ0) is 18.0. The van der Waals surface area contributed by atoms with E-state index in [4.69, 9.17) is 0 Å². The summed E-state index contributed by atoms with van der Waals surface area (Å²) in [6, 6.07) is 17.8. The number of carbonyl (C=O) groups is 1. The van der Waals surface area contributed by atoms with Gasteiger partial charge in [0.1, 0.15) is 0 Å². The van der Waals surface area contributed by atoms with Crippen molar-refractivity contribution >= 4 is 11.6 Å². The van der Waals surface area contributed by atoms with E-state index in [2.05, 4.69) is 18.1 Å². The Bertz CT molecular complexity index is 897. The van der Waals surface area contributed by atoms with Crippen molar-refractivity contribution in [3.8, 4) is 5.69 Å². The molecule has 4 heteroatoms. The molecule has 1 aromatic heterocycles. The Morgan fingerprint density at radius 2 is 1.76 bits per heavy atom. The lowest BCUT2D eigenvalue weighted by Crippen LogP contribution is -2.31. The average molecular weight is 333 g/mol. The number of carbonyl (C=O) groups excluding carboxylic acids is 1. The summed E-state index contributed by atoms with van der Waals surface area (Å²) in [4.78, 5) is 14.8. The summed E-state index contributed by atoms with van der Waals surface area (Å²) in [5.74, 6) is -0.0766. The van der Waals surface area contributed by atoms with E-state index in [9.17, 15) is 4.79 Å². The molecule has 0 unspecified atom stereocenters. The van der Waals surface area contributed by atoms with Crippen LogP contribution in [0.25, 0.3) is 5.69 Å². The number of hydrogen-bond acceptors (Lipinski definition) is 2. The highest BCUT2D eigenvalue weighted by Crippen LogP contribution is 2.23. The third kappa shape index (κ3) is 3.33. The second-order valence-electron chi connectivity index (χ2n) is 6.26. The van der Waals surface area contributed by atoms with E-state index >= 15 is 0 Å². The maximum atomic E-state index is 13.1. The minimum Gasteiger partial charge on any atom is -0.307 e. The molecule has 0 aliphatic carbocycles. The van der Waals surface area contributed by atoms with Crippen molar-refractivity contribution in [2.75, 3.05) is 11.4 Å². The van der Waals surface area contributed by atoms with Gasteiger partial charge in [0.05, 0.1) is 5.69 Å². The molecule has 0 spiro atoms. The molecule has 25 heavy (non-hydrogen) atoms. The van der Waals surface area contributed by atoms with E-state index in [0.717, 1.165) is 22.6 Å². The van der Waals surface area contributed by atoms with Crippen LogP contribution in [0.2, 0.25) is 0 Å². The van der Waals surface area contributed by atoms with Gasteiger partial charge in [-0.3, -0.25) is 4.79 Å². The highest BCUT2D eigenvalue weighted by Gasteiger charge is 2.21. The van der Waals surface area contributed by atoms with Crippen molar-refractivity contribution in [1.29, 1.82) is 0 Å². The van der Waals surface area contributed by atoms with Gasteiger partial charge in [0.25, 0.3) is 5.91 Å². The Hall–Kier alpha value is -2.88. The number of rotatable bonds is 4. The summed E-state index contributed by atoms with van der Waals surface area (Å²) in [5.41, 5.74) is 5.57. The summed E-state index contributed by atoms with van der Waals surface area (Å²) in [5, 5.41) is 4.55. The van der Waals surface area contributed by atoms with Crippen LogP contribution in [0, 0.1) is 20.8 Å². The van der Waals surface area contributed by atoms with Crippen LogP contribution in [0.1, 0.15) is 34.2 Å². The number of hydrogen-bond donors (Lipinski definition) is 0. The highest BCUT2D eigenvalue weighted by molar-refractivity contribution is 6.05. The Kier molecular flexibility index (Phi) is 4.70. The zero-order valence-corrected chi connectivity index (χ0v) is 15.2. The molecular weight excluding hydrogens is 310 g/mol. The van der Waals surface area contributed by atoms with Crippen molar-refractivity contribution in [3.63, 3.8) is 0 Å². The number of nitrogens with zero attached hydrogens (tertiary/aromatic N) is 3. The maximum Gasteiger partial charge on any atom is 0.278 e. The molecule has 128 valence electrons. The minimum absolute atomic E-state index is 0.0766. The van der Waals surface area contributed by atoms with E-state index in [1.165, 1.54) is 5.56 Å². The third-order valence-corrected chi connectivity index (χ3v) is 4.31. The first-order valence-electron chi connectivity index (χ1n) is 8.52. The van der Waals surface area contributed by atoms with Crippen molar-refractivity contribution < 1.29 is 4.79 Å². The van der Waals surface area contributed by atoms with Gasteiger partial charge in [0.2, 0.25) is 0 Å². The molecule has 0 saturated carbocycles. The van der Waals surface area contributed by atoms with Gasteiger partial charge in [-0.15, -0.1) is 0 Å². The van der Waals surface area contributed by atoms with Crippen LogP contribution < -0.4 is 4.90 Å². The molecule has 0 atom stereocenters. The largest absolute Gasteiger partial charge is 0.307 e. The second-order valence-corrected chi connectivity index (χ2v) is 6.26. The average Bonchev–Trinajstić information content (AvgIpc) is 3.00. The van der Waals surface area contributed by atoms with Crippen LogP contribution >= 0.6 is 0 Å². The fourth-order valence-corrected chi connectivity index (χ4v) is 3.08. The second kappa shape index (κ2) is 6.93. The Morgan fingerprint density at radius 1 is 1.04 bits per heavy atom. The molecule has 0 saturated heterocycles. The summed E-state index contributed by atoms with van der Waals surface area (Å²) in [6.07, 6.45) is 0. The third-order valence-electron chi connectivity index (χ3n) is 4.31.